The Morgan fingerprint density at radius 1 is 0.903 bits per heavy atom. The molecule has 5 aromatic rings. The van der Waals surface area contributed by atoms with Crippen LogP contribution in [0.1, 0.15) is 0 Å². The van der Waals surface area contributed by atoms with Gasteiger partial charge in [0.2, 0.25) is 0 Å². The number of hydrogen-bond donors (Lipinski definition) is 2. The van der Waals surface area contributed by atoms with Crippen molar-refractivity contribution in [3.8, 4) is 22.9 Å². The van der Waals surface area contributed by atoms with Gasteiger partial charge in [0.05, 0.1) is 29.1 Å². The van der Waals surface area contributed by atoms with Crippen LogP contribution in [-0.2, 0) is 0 Å². The summed E-state index contributed by atoms with van der Waals surface area (Å²) in [6.07, 6.45) is 8.59. The first-order chi connectivity index (χ1) is 15.3. The number of fused-ring (bicyclic) bond motifs is 2. The molecule has 10 heteroatoms. The summed E-state index contributed by atoms with van der Waals surface area (Å²) in [5.41, 5.74) is 4.82. The zero-order chi connectivity index (χ0) is 20.8. The van der Waals surface area contributed by atoms with Crippen molar-refractivity contribution in [3.63, 3.8) is 0 Å². The Kier molecular flexibility index (Phi) is 4.10. The molecule has 2 N–H and O–H groups in total. The number of piperazine rings is 1. The van der Waals surface area contributed by atoms with E-state index in [1.54, 1.807) is 24.8 Å². The Morgan fingerprint density at radius 3 is 2.65 bits per heavy atom. The number of anilines is 1. The molecule has 0 aliphatic carbocycles. The van der Waals surface area contributed by atoms with Crippen molar-refractivity contribution in [2.24, 2.45) is 0 Å². The lowest BCUT2D eigenvalue weighted by Crippen LogP contribution is -2.44. The summed E-state index contributed by atoms with van der Waals surface area (Å²) in [4.78, 5) is 30.5. The van der Waals surface area contributed by atoms with Crippen LogP contribution in [0.15, 0.2) is 43.1 Å². The van der Waals surface area contributed by atoms with Crippen molar-refractivity contribution in [2.45, 2.75) is 0 Å². The molecule has 5 aromatic heterocycles. The molecule has 0 bridgehead atoms. The number of aromatic amines is 2. The van der Waals surface area contributed by atoms with E-state index >= 15 is 0 Å². The van der Waals surface area contributed by atoms with Crippen LogP contribution in [0.5, 0.6) is 0 Å². The van der Waals surface area contributed by atoms with Crippen LogP contribution in [0.4, 0.5) is 5.82 Å². The quantitative estimate of drug-likeness (QED) is 0.463. The minimum Gasteiger partial charge on any atom is -0.352 e. The predicted octanol–water partition coefficient (Wildman–Crippen LogP) is 2.10. The summed E-state index contributed by atoms with van der Waals surface area (Å²) < 4.78 is 0. The molecule has 0 amide bonds. The molecule has 0 spiro atoms. The largest absolute Gasteiger partial charge is 0.352 e. The summed E-state index contributed by atoms with van der Waals surface area (Å²) in [6, 6.07) is 3.91. The number of hydrogen-bond acceptors (Lipinski definition) is 8. The SMILES string of the molecule is CN1CCN(c2nccc3[nH]c(-c4n[nH]c5cnc(-c6cnccn6)cc45)nc23)CC1. The van der Waals surface area contributed by atoms with E-state index in [4.69, 9.17) is 4.98 Å². The molecule has 0 unspecified atom stereocenters. The normalized spacial score (nSPS) is 15.2. The van der Waals surface area contributed by atoms with Gasteiger partial charge in [0.1, 0.15) is 16.9 Å². The van der Waals surface area contributed by atoms with E-state index in [0.29, 0.717) is 11.5 Å². The van der Waals surface area contributed by atoms with E-state index in [2.05, 4.69) is 52.0 Å². The average molecular weight is 412 g/mol. The maximum Gasteiger partial charge on any atom is 0.159 e. The van der Waals surface area contributed by atoms with Gasteiger partial charge in [-0.2, -0.15) is 5.10 Å². The Hall–Kier alpha value is -3.92. The fourth-order valence-electron chi connectivity index (χ4n) is 3.95. The topological polar surface area (TPSA) is 115 Å². The minimum absolute atomic E-state index is 0.695. The molecule has 0 radical (unpaired) electrons. The third-order valence-corrected chi connectivity index (χ3v) is 5.68. The maximum absolute atomic E-state index is 4.90. The van der Waals surface area contributed by atoms with Crippen LogP contribution >= 0.6 is 0 Å². The third-order valence-electron chi connectivity index (χ3n) is 5.68. The van der Waals surface area contributed by atoms with Crippen LogP contribution in [-0.4, -0.2) is 78.2 Å². The lowest BCUT2D eigenvalue weighted by Gasteiger charge is -2.33. The standard InChI is InChI=1S/C21H20N10/c1-30-6-8-31(9-7-30)21-19-14(2-3-24-21)26-20(27-19)18-13-10-15(17-11-22-4-5-23-17)25-12-16(13)28-29-18/h2-5,10-12H,6-9H2,1H3,(H,26,27)(H,28,29). The van der Waals surface area contributed by atoms with Gasteiger partial charge in [0.25, 0.3) is 0 Å². The van der Waals surface area contributed by atoms with Crippen molar-refractivity contribution >= 4 is 27.8 Å². The highest BCUT2D eigenvalue weighted by Gasteiger charge is 2.21. The van der Waals surface area contributed by atoms with Gasteiger partial charge in [0.15, 0.2) is 11.6 Å². The molecule has 31 heavy (non-hydrogen) atoms. The lowest BCUT2D eigenvalue weighted by molar-refractivity contribution is 0.312. The van der Waals surface area contributed by atoms with E-state index < -0.39 is 0 Å². The molecule has 154 valence electrons. The number of imidazole rings is 1. The van der Waals surface area contributed by atoms with Gasteiger partial charge in [-0.3, -0.25) is 20.1 Å². The van der Waals surface area contributed by atoms with Crippen molar-refractivity contribution in [3.05, 3.63) is 43.1 Å². The summed E-state index contributed by atoms with van der Waals surface area (Å²) >= 11 is 0. The molecule has 1 saturated heterocycles. The van der Waals surface area contributed by atoms with Crippen LogP contribution < -0.4 is 4.90 Å². The van der Waals surface area contributed by atoms with Gasteiger partial charge >= 0.3 is 0 Å². The van der Waals surface area contributed by atoms with Gasteiger partial charge in [-0.1, -0.05) is 0 Å². The summed E-state index contributed by atoms with van der Waals surface area (Å²) in [5.74, 6) is 1.61. The second-order valence-electron chi connectivity index (χ2n) is 7.68. The molecule has 0 aromatic carbocycles. The first-order valence-electron chi connectivity index (χ1n) is 10.2. The van der Waals surface area contributed by atoms with Gasteiger partial charge in [-0.25, -0.2) is 9.97 Å². The Bertz CT molecular complexity index is 1370. The van der Waals surface area contributed by atoms with Crippen molar-refractivity contribution < 1.29 is 0 Å². The third kappa shape index (κ3) is 3.08. The molecule has 6 rings (SSSR count). The highest BCUT2D eigenvalue weighted by Crippen LogP contribution is 2.30. The molecule has 1 aliphatic rings. The van der Waals surface area contributed by atoms with Gasteiger partial charge in [-0.05, 0) is 19.2 Å². The van der Waals surface area contributed by atoms with Crippen molar-refractivity contribution in [2.75, 3.05) is 38.1 Å². The monoisotopic (exact) mass is 412 g/mol. The van der Waals surface area contributed by atoms with Gasteiger partial charge in [0, 0.05) is 50.2 Å². The van der Waals surface area contributed by atoms with Gasteiger partial charge in [-0.15, -0.1) is 0 Å². The van der Waals surface area contributed by atoms with Crippen molar-refractivity contribution in [1.82, 2.24) is 45.0 Å². The van der Waals surface area contributed by atoms with E-state index in [1.807, 2.05) is 18.3 Å². The summed E-state index contributed by atoms with van der Waals surface area (Å²) in [6.45, 7) is 3.89. The van der Waals surface area contributed by atoms with Crippen molar-refractivity contribution in [1.29, 1.82) is 0 Å². The lowest BCUT2D eigenvalue weighted by atomic mass is 10.2. The van der Waals surface area contributed by atoms with Gasteiger partial charge < -0.3 is 14.8 Å². The summed E-state index contributed by atoms with van der Waals surface area (Å²) in [7, 11) is 2.14. The minimum atomic E-state index is 0.695. The Morgan fingerprint density at radius 2 is 1.81 bits per heavy atom. The molecule has 1 fully saturated rings. The van der Waals surface area contributed by atoms with E-state index in [-0.39, 0.29) is 0 Å². The number of likely N-dealkylation sites (N-methyl/N-ethyl adjacent to an activating group) is 1. The number of nitrogens with zero attached hydrogens (tertiary/aromatic N) is 8. The van der Waals surface area contributed by atoms with E-state index in [9.17, 15) is 0 Å². The van der Waals surface area contributed by atoms with E-state index in [1.165, 1.54) is 0 Å². The van der Waals surface area contributed by atoms with Crippen LogP contribution in [0, 0.1) is 0 Å². The van der Waals surface area contributed by atoms with E-state index in [0.717, 1.165) is 65.3 Å². The molecule has 6 heterocycles. The number of pyridine rings is 2. The molecular weight excluding hydrogens is 392 g/mol. The molecule has 1 aliphatic heterocycles. The van der Waals surface area contributed by atoms with Crippen LogP contribution in [0.25, 0.3) is 44.8 Å². The summed E-state index contributed by atoms with van der Waals surface area (Å²) in [5, 5.41) is 8.48. The molecule has 10 nitrogen and oxygen atoms in total. The number of nitrogens with one attached hydrogen (secondary N) is 2. The number of aromatic nitrogens is 8. The second kappa shape index (κ2) is 7.10. The zero-order valence-corrected chi connectivity index (χ0v) is 16.9. The smallest absolute Gasteiger partial charge is 0.159 e. The zero-order valence-electron chi connectivity index (χ0n) is 16.9. The molecule has 0 atom stereocenters. The Balaban J connectivity index is 1.44. The second-order valence-corrected chi connectivity index (χ2v) is 7.68. The van der Waals surface area contributed by atoms with Crippen LogP contribution in [0.3, 0.4) is 0 Å². The first-order valence-corrected chi connectivity index (χ1v) is 10.2. The highest BCUT2D eigenvalue weighted by molar-refractivity contribution is 5.96. The Labute approximate surface area is 177 Å². The predicted molar refractivity (Wildman–Crippen MR) is 118 cm³/mol. The molecular formula is C21H20N10. The number of H-pyrrole nitrogens is 2. The fourth-order valence-corrected chi connectivity index (χ4v) is 3.95. The molecule has 0 saturated carbocycles. The first kappa shape index (κ1) is 17.9. The fraction of sp³-hybridized carbons (Fsp3) is 0.238. The van der Waals surface area contributed by atoms with Crippen LogP contribution in [0.2, 0.25) is 0 Å². The number of rotatable bonds is 3. The maximum atomic E-state index is 4.90. The highest BCUT2D eigenvalue weighted by atomic mass is 15.3. The average Bonchev–Trinajstić information content (AvgIpc) is 3.43.